The Hall–Kier alpha value is -2.58. The number of aromatic nitrogens is 1. The van der Waals surface area contributed by atoms with Crippen molar-refractivity contribution in [3.8, 4) is 17.7 Å². The van der Waals surface area contributed by atoms with E-state index in [-0.39, 0.29) is 27.8 Å². The molecule has 0 aliphatic rings. The predicted octanol–water partition coefficient (Wildman–Crippen LogP) is 3.10. The number of benzene rings is 1. The Balaban J connectivity index is 2.43. The van der Waals surface area contributed by atoms with Crippen LogP contribution in [-0.4, -0.2) is 16.1 Å². The van der Waals surface area contributed by atoms with Crippen LogP contribution in [0.1, 0.15) is 15.9 Å². The second kappa shape index (κ2) is 5.38. The number of carbonyl (C=O) groups is 1. The molecule has 0 bridgehead atoms. The van der Waals surface area contributed by atoms with Crippen LogP contribution in [0.3, 0.4) is 0 Å². The van der Waals surface area contributed by atoms with Gasteiger partial charge in [-0.05, 0) is 18.2 Å². The molecule has 1 aromatic heterocycles. The smallest absolute Gasteiger partial charge is 0.339 e. The zero-order valence-corrected chi connectivity index (χ0v) is 10.3. The normalized spacial score (nSPS) is 9.68. The summed E-state index contributed by atoms with van der Waals surface area (Å²) in [6.45, 7) is 0. The predicted molar refractivity (Wildman–Crippen MR) is 67.4 cm³/mol. The molecule has 2 aromatic rings. The Morgan fingerprint density at radius 3 is 2.79 bits per heavy atom. The molecule has 0 spiro atoms. The Kier molecular flexibility index (Phi) is 3.64. The van der Waals surface area contributed by atoms with Gasteiger partial charge in [0.25, 0.3) is 0 Å². The fourth-order valence-corrected chi connectivity index (χ4v) is 1.61. The molecule has 0 saturated carbocycles. The van der Waals surface area contributed by atoms with Crippen molar-refractivity contribution in [2.45, 2.75) is 0 Å². The van der Waals surface area contributed by atoms with E-state index in [9.17, 15) is 4.79 Å². The number of halogens is 1. The van der Waals surface area contributed by atoms with Crippen molar-refractivity contribution in [2.75, 3.05) is 0 Å². The van der Waals surface area contributed by atoms with Gasteiger partial charge in [-0.2, -0.15) is 5.26 Å². The Bertz CT molecular complexity index is 680. The van der Waals surface area contributed by atoms with Crippen LogP contribution in [0.25, 0.3) is 0 Å². The first-order valence-electron chi connectivity index (χ1n) is 5.18. The largest absolute Gasteiger partial charge is 0.478 e. The molecule has 1 aromatic carbocycles. The van der Waals surface area contributed by atoms with Crippen LogP contribution >= 0.6 is 11.6 Å². The summed E-state index contributed by atoms with van der Waals surface area (Å²) in [6.07, 6.45) is 1.36. The van der Waals surface area contributed by atoms with Crippen molar-refractivity contribution >= 4 is 17.6 Å². The van der Waals surface area contributed by atoms with Gasteiger partial charge in [0.1, 0.15) is 22.4 Å². The molecular weight excluding hydrogens is 268 g/mol. The lowest BCUT2D eigenvalue weighted by atomic mass is 10.2. The second-order valence-electron chi connectivity index (χ2n) is 3.49. The molecule has 0 radical (unpaired) electrons. The first-order valence-corrected chi connectivity index (χ1v) is 5.56. The average Bonchev–Trinajstić information content (AvgIpc) is 2.41. The summed E-state index contributed by atoms with van der Waals surface area (Å²) in [5, 5.41) is 17.9. The monoisotopic (exact) mass is 274 g/mol. The van der Waals surface area contributed by atoms with Gasteiger partial charge in [0.2, 0.25) is 5.88 Å². The van der Waals surface area contributed by atoms with Gasteiger partial charge in [-0.1, -0.05) is 23.7 Å². The summed E-state index contributed by atoms with van der Waals surface area (Å²) in [5.41, 5.74) is 0.196. The van der Waals surface area contributed by atoms with Crippen molar-refractivity contribution in [1.29, 1.82) is 5.26 Å². The maximum absolute atomic E-state index is 11.0. The van der Waals surface area contributed by atoms with Gasteiger partial charge in [0, 0.05) is 6.20 Å². The molecule has 19 heavy (non-hydrogen) atoms. The van der Waals surface area contributed by atoms with Gasteiger partial charge in [-0.15, -0.1) is 0 Å². The van der Waals surface area contributed by atoms with Gasteiger partial charge >= 0.3 is 5.97 Å². The fraction of sp³-hybridized carbons (Fsp3) is 0. The maximum atomic E-state index is 11.0. The van der Waals surface area contributed by atoms with Crippen molar-refractivity contribution < 1.29 is 14.6 Å². The van der Waals surface area contributed by atoms with Crippen LogP contribution in [0, 0.1) is 11.3 Å². The van der Waals surface area contributed by atoms with Crippen LogP contribution in [0.5, 0.6) is 11.6 Å². The minimum Gasteiger partial charge on any atom is -0.478 e. The summed E-state index contributed by atoms with van der Waals surface area (Å²) in [7, 11) is 0. The number of para-hydroxylation sites is 1. The highest BCUT2D eigenvalue weighted by Gasteiger charge is 2.14. The van der Waals surface area contributed by atoms with E-state index >= 15 is 0 Å². The summed E-state index contributed by atoms with van der Waals surface area (Å²) in [5.74, 6) is -1.02. The molecule has 0 saturated heterocycles. The number of pyridine rings is 1. The van der Waals surface area contributed by atoms with E-state index in [2.05, 4.69) is 4.98 Å². The Morgan fingerprint density at radius 1 is 1.37 bits per heavy atom. The van der Waals surface area contributed by atoms with Crippen LogP contribution in [0.2, 0.25) is 5.02 Å². The minimum absolute atomic E-state index is 0.00517. The van der Waals surface area contributed by atoms with Crippen LogP contribution in [0.4, 0.5) is 0 Å². The zero-order chi connectivity index (χ0) is 13.8. The number of aromatic carboxylic acids is 1. The molecule has 5 nitrogen and oxygen atoms in total. The molecule has 1 heterocycles. The lowest BCUT2D eigenvalue weighted by Crippen LogP contribution is -2.00. The van der Waals surface area contributed by atoms with Crippen molar-refractivity contribution in [3.63, 3.8) is 0 Å². The number of nitriles is 1. The molecule has 0 atom stereocenters. The summed E-state index contributed by atoms with van der Waals surface area (Å²) >= 11 is 5.93. The lowest BCUT2D eigenvalue weighted by molar-refractivity contribution is 0.0694. The highest BCUT2D eigenvalue weighted by Crippen LogP contribution is 2.31. The third-order valence-corrected chi connectivity index (χ3v) is 2.67. The Labute approximate surface area is 113 Å². The fourth-order valence-electron chi connectivity index (χ4n) is 1.42. The third kappa shape index (κ3) is 2.64. The van der Waals surface area contributed by atoms with Gasteiger partial charge in [-0.25, -0.2) is 9.78 Å². The molecule has 6 heteroatoms. The number of ether oxygens (including phenoxy) is 1. The molecule has 0 amide bonds. The molecule has 0 aliphatic carbocycles. The van der Waals surface area contributed by atoms with Crippen molar-refractivity contribution in [1.82, 2.24) is 4.98 Å². The van der Waals surface area contributed by atoms with E-state index in [4.69, 9.17) is 26.7 Å². The lowest BCUT2D eigenvalue weighted by Gasteiger charge is -2.09. The number of hydrogen-bond donors (Lipinski definition) is 1. The quantitative estimate of drug-likeness (QED) is 0.930. The standard InChI is InChI=1S/C13H7ClN2O3/c14-11-8(7-15)5-6-16-12(11)19-10-4-2-1-3-9(10)13(17)18/h1-6H,(H,17,18). The van der Waals surface area contributed by atoms with E-state index in [0.717, 1.165) is 0 Å². The molecule has 1 N–H and O–H groups in total. The number of hydrogen-bond acceptors (Lipinski definition) is 4. The van der Waals surface area contributed by atoms with E-state index in [0.29, 0.717) is 0 Å². The number of nitrogens with zero attached hydrogens (tertiary/aromatic N) is 2. The van der Waals surface area contributed by atoms with E-state index < -0.39 is 5.97 Å². The minimum atomic E-state index is -1.12. The first kappa shape index (κ1) is 12.9. The highest BCUT2D eigenvalue weighted by atomic mass is 35.5. The molecule has 0 unspecified atom stereocenters. The molecule has 2 rings (SSSR count). The SMILES string of the molecule is N#Cc1ccnc(Oc2ccccc2C(=O)O)c1Cl. The molecule has 0 aliphatic heterocycles. The molecule has 0 fully saturated rings. The highest BCUT2D eigenvalue weighted by molar-refractivity contribution is 6.33. The first-order chi connectivity index (χ1) is 9.13. The zero-order valence-electron chi connectivity index (χ0n) is 9.50. The number of carboxylic acid groups (broad SMARTS) is 1. The average molecular weight is 275 g/mol. The topological polar surface area (TPSA) is 83.2 Å². The van der Waals surface area contributed by atoms with Gasteiger partial charge < -0.3 is 9.84 Å². The summed E-state index contributed by atoms with van der Waals surface area (Å²) < 4.78 is 5.37. The Morgan fingerprint density at radius 2 is 2.11 bits per heavy atom. The number of rotatable bonds is 3. The number of carboxylic acids is 1. The van der Waals surface area contributed by atoms with Crippen LogP contribution in [0.15, 0.2) is 36.5 Å². The van der Waals surface area contributed by atoms with Crippen molar-refractivity contribution in [3.05, 3.63) is 52.7 Å². The summed E-state index contributed by atoms with van der Waals surface area (Å²) in [6, 6.07) is 9.43. The van der Waals surface area contributed by atoms with Gasteiger partial charge in [0.15, 0.2) is 0 Å². The third-order valence-electron chi connectivity index (χ3n) is 2.30. The van der Waals surface area contributed by atoms with Crippen LogP contribution < -0.4 is 4.74 Å². The van der Waals surface area contributed by atoms with E-state index in [1.807, 2.05) is 6.07 Å². The summed E-state index contributed by atoms with van der Waals surface area (Å²) in [4.78, 5) is 14.9. The van der Waals surface area contributed by atoms with E-state index in [1.54, 1.807) is 12.1 Å². The molecular formula is C13H7ClN2O3. The van der Waals surface area contributed by atoms with E-state index in [1.165, 1.54) is 24.4 Å². The van der Waals surface area contributed by atoms with Gasteiger partial charge in [0.05, 0.1) is 5.56 Å². The van der Waals surface area contributed by atoms with Gasteiger partial charge in [-0.3, -0.25) is 0 Å². The van der Waals surface area contributed by atoms with Crippen molar-refractivity contribution in [2.24, 2.45) is 0 Å². The second-order valence-corrected chi connectivity index (χ2v) is 3.87. The molecule has 94 valence electrons. The van der Waals surface area contributed by atoms with Crippen LogP contribution in [-0.2, 0) is 0 Å². The maximum Gasteiger partial charge on any atom is 0.339 e.